The van der Waals surface area contributed by atoms with Crippen LogP contribution < -0.4 is 5.32 Å². The van der Waals surface area contributed by atoms with Crippen molar-refractivity contribution in [3.05, 3.63) is 35.4 Å². The second-order valence-electron chi connectivity index (χ2n) is 5.71. The molecule has 3 heteroatoms. The average molecular weight is 274 g/mol. The zero-order chi connectivity index (χ0) is 14.6. The fourth-order valence-corrected chi connectivity index (χ4v) is 3.06. The van der Waals surface area contributed by atoms with Gasteiger partial charge in [0.05, 0.1) is 5.54 Å². The molecule has 2 rings (SSSR count). The maximum Gasteiger partial charge on any atom is 0.243 e. The Labute approximate surface area is 122 Å². The van der Waals surface area contributed by atoms with Gasteiger partial charge >= 0.3 is 0 Å². The topological polar surface area (TPSA) is 32.3 Å². The number of rotatable bonds is 5. The molecule has 0 radical (unpaired) electrons. The molecule has 1 aliphatic heterocycles. The summed E-state index contributed by atoms with van der Waals surface area (Å²) in [5.41, 5.74) is 2.18. The fourth-order valence-electron chi connectivity index (χ4n) is 3.06. The molecule has 0 saturated carbocycles. The quantitative estimate of drug-likeness (QED) is 0.895. The van der Waals surface area contributed by atoms with Gasteiger partial charge in [-0.05, 0) is 50.8 Å². The van der Waals surface area contributed by atoms with Gasteiger partial charge in [-0.25, -0.2) is 0 Å². The smallest absolute Gasteiger partial charge is 0.243 e. The molecular formula is C17H26N2O. The van der Waals surface area contributed by atoms with Crippen LogP contribution in [0.4, 0.5) is 0 Å². The lowest BCUT2D eigenvalue weighted by atomic mass is 9.92. The molecule has 1 atom stereocenters. The molecular weight excluding hydrogens is 248 g/mol. The van der Waals surface area contributed by atoms with Crippen molar-refractivity contribution in [3.63, 3.8) is 0 Å². The minimum absolute atomic E-state index is 0.267. The number of amides is 1. The van der Waals surface area contributed by atoms with E-state index in [2.05, 4.69) is 38.2 Å². The highest BCUT2D eigenvalue weighted by Crippen LogP contribution is 2.26. The van der Waals surface area contributed by atoms with Gasteiger partial charge < -0.3 is 10.2 Å². The number of aryl methyl sites for hydroxylation is 1. The number of benzene rings is 1. The second kappa shape index (κ2) is 6.40. The SMILES string of the molecule is CCN(Cc1ccccc1C)C(=O)C1(CC)CCCN1. The summed E-state index contributed by atoms with van der Waals surface area (Å²) >= 11 is 0. The van der Waals surface area contributed by atoms with Crippen molar-refractivity contribution < 1.29 is 4.79 Å². The molecule has 1 amide bonds. The molecule has 1 heterocycles. The Bertz CT molecular complexity index is 464. The van der Waals surface area contributed by atoms with Crippen LogP contribution in [-0.2, 0) is 11.3 Å². The zero-order valence-corrected chi connectivity index (χ0v) is 12.9. The van der Waals surface area contributed by atoms with Gasteiger partial charge in [-0.15, -0.1) is 0 Å². The van der Waals surface area contributed by atoms with E-state index >= 15 is 0 Å². The summed E-state index contributed by atoms with van der Waals surface area (Å²) in [5.74, 6) is 0.267. The van der Waals surface area contributed by atoms with Crippen molar-refractivity contribution in [3.8, 4) is 0 Å². The molecule has 110 valence electrons. The summed E-state index contributed by atoms with van der Waals surface area (Å²) in [6, 6.07) is 8.32. The molecule has 1 N–H and O–H groups in total. The van der Waals surface area contributed by atoms with E-state index < -0.39 is 0 Å². The van der Waals surface area contributed by atoms with Gasteiger partial charge in [0.25, 0.3) is 0 Å². The van der Waals surface area contributed by atoms with Gasteiger partial charge in [0.1, 0.15) is 0 Å². The van der Waals surface area contributed by atoms with Crippen molar-refractivity contribution in [2.24, 2.45) is 0 Å². The van der Waals surface area contributed by atoms with Gasteiger partial charge in [0, 0.05) is 13.1 Å². The summed E-state index contributed by atoms with van der Waals surface area (Å²) in [6.07, 6.45) is 2.93. The van der Waals surface area contributed by atoms with Gasteiger partial charge in [0.2, 0.25) is 5.91 Å². The first-order valence-corrected chi connectivity index (χ1v) is 7.72. The van der Waals surface area contributed by atoms with Crippen LogP contribution in [0, 0.1) is 6.92 Å². The molecule has 1 aromatic carbocycles. The van der Waals surface area contributed by atoms with Gasteiger partial charge in [0.15, 0.2) is 0 Å². The molecule has 0 bridgehead atoms. The lowest BCUT2D eigenvalue weighted by Gasteiger charge is -2.33. The molecule has 0 aliphatic carbocycles. The maximum absolute atomic E-state index is 12.9. The number of hydrogen-bond donors (Lipinski definition) is 1. The van der Waals surface area contributed by atoms with Crippen molar-refractivity contribution in [1.82, 2.24) is 10.2 Å². The predicted octanol–water partition coefficient (Wildman–Crippen LogP) is 2.88. The summed E-state index contributed by atoms with van der Waals surface area (Å²) in [6.45, 7) is 8.72. The summed E-state index contributed by atoms with van der Waals surface area (Å²) in [7, 11) is 0. The van der Waals surface area contributed by atoms with Gasteiger partial charge in [-0.2, -0.15) is 0 Å². The summed E-state index contributed by atoms with van der Waals surface area (Å²) in [4.78, 5) is 14.9. The minimum atomic E-state index is -0.321. The first-order chi connectivity index (χ1) is 9.63. The molecule has 1 aromatic rings. The Morgan fingerprint density at radius 1 is 1.35 bits per heavy atom. The Balaban J connectivity index is 2.16. The Morgan fingerprint density at radius 2 is 2.10 bits per heavy atom. The molecule has 0 aromatic heterocycles. The number of likely N-dealkylation sites (N-methyl/N-ethyl adjacent to an activating group) is 1. The zero-order valence-electron chi connectivity index (χ0n) is 12.9. The predicted molar refractivity (Wildman–Crippen MR) is 82.5 cm³/mol. The largest absolute Gasteiger partial charge is 0.337 e. The third kappa shape index (κ3) is 2.88. The number of hydrogen-bond acceptors (Lipinski definition) is 2. The lowest BCUT2D eigenvalue weighted by Crippen LogP contribution is -2.54. The minimum Gasteiger partial charge on any atom is -0.337 e. The first-order valence-electron chi connectivity index (χ1n) is 7.72. The average Bonchev–Trinajstić information content (AvgIpc) is 2.96. The van der Waals surface area contributed by atoms with E-state index in [-0.39, 0.29) is 11.4 Å². The highest BCUT2D eigenvalue weighted by molar-refractivity contribution is 5.86. The second-order valence-corrected chi connectivity index (χ2v) is 5.71. The molecule has 20 heavy (non-hydrogen) atoms. The highest BCUT2D eigenvalue weighted by atomic mass is 16.2. The third-order valence-corrected chi connectivity index (χ3v) is 4.55. The first kappa shape index (κ1) is 15.0. The Morgan fingerprint density at radius 3 is 2.65 bits per heavy atom. The Kier molecular flexibility index (Phi) is 4.81. The lowest BCUT2D eigenvalue weighted by molar-refractivity contribution is -0.138. The van der Waals surface area contributed by atoms with Crippen LogP contribution in [-0.4, -0.2) is 29.4 Å². The van der Waals surface area contributed by atoms with Crippen molar-refractivity contribution in [2.45, 2.75) is 52.1 Å². The van der Waals surface area contributed by atoms with E-state index in [1.807, 2.05) is 17.0 Å². The van der Waals surface area contributed by atoms with Crippen LogP contribution in [0.2, 0.25) is 0 Å². The van der Waals surface area contributed by atoms with Gasteiger partial charge in [-0.1, -0.05) is 31.2 Å². The van der Waals surface area contributed by atoms with Crippen LogP contribution in [0.3, 0.4) is 0 Å². The van der Waals surface area contributed by atoms with Crippen LogP contribution in [0.1, 0.15) is 44.2 Å². The number of carbonyl (C=O) groups excluding carboxylic acids is 1. The van der Waals surface area contributed by atoms with Crippen molar-refractivity contribution in [2.75, 3.05) is 13.1 Å². The van der Waals surface area contributed by atoms with Crippen molar-refractivity contribution >= 4 is 5.91 Å². The van der Waals surface area contributed by atoms with Crippen molar-refractivity contribution in [1.29, 1.82) is 0 Å². The van der Waals surface area contributed by atoms with E-state index in [0.717, 1.165) is 32.4 Å². The van der Waals surface area contributed by atoms with Crippen LogP contribution in [0.15, 0.2) is 24.3 Å². The number of carbonyl (C=O) groups is 1. The highest BCUT2D eigenvalue weighted by Gasteiger charge is 2.41. The summed E-state index contributed by atoms with van der Waals surface area (Å²) < 4.78 is 0. The van der Waals surface area contributed by atoms with Gasteiger partial charge in [-0.3, -0.25) is 4.79 Å². The monoisotopic (exact) mass is 274 g/mol. The normalized spacial score (nSPS) is 21.9. The molecule has 1 aliphatic rings. The number of nitrogens with zero attached hydrogens (tertiary/aromatic N) is 1. The third-order valence-electron chi connectivity index (χ3n) is 4.55. The van der Waals surface area contributed by atoms with E-state index in [9.17, 15) is 4.79 Å². The molecule has 1 fully saturated rings. The summed E-state index contributed by atoms with van der Waals surface area (Å²) in [5, 5.41) is 3.44. The molecule has 1 unspecified atom stereocenters. The molecule has 3 nitrogen and oxygen atoms in total. The van der Waals surface area contributed by atoms with Crippen LogP contribution >= 0.6 is 0 Å². The van der Waals surface area contributed by atoms with E-state index in [1.54, 1.807) is 0 Å². The van der Waals surface area contributed by atoms with E-state index in [0.29, 0.717) is 6.54 Å². The maximum atomic E-state index is 12.9. The van der Waals surface area contributed by atoms with Crippen LogP contribution in [0.25, 0.3) is 0 Å². The molecule has 0 spiro atoms. The molecule has 1 saturated heterocycles. The standard InChI is InChI=1S/C17H26N2O/c1-4-17(11-8-12-18-17)16(20)19(5-2)13-15-10-7-6-9-14(15)3/h6-7,9-10,18H,4-5,8,11-13H2,1-3H3. The van der Waals surface area contributed by atoms with E-state index in [1.165, 1.54) is 11.1 Å². The van der Waals surface area contributed by atoms with Crippen LogP contribution in [0.5, 0.6) is 0 Å². The Hall–Kier alpha value is -1.35. The van der Waals surface area contributed by atoms with E-state index in [4.69, 9.17) is 0 Å². The fraction of sp³-hybridized carbons (Fsp3) is 0.588. The number of nitrogens with one attached hydrogen (secondary N) is 1.